The third-order valence-electron chi connectivity index (χ3n) is 4.81. The van der Waals surface area contributed by atoms with Gasteiger partial charge in [0.1, 0.15) is 5.75 Å². The maximum absolute atomic E-state index is 11.0. The minimum atomic E-state index is -0.522. The van der Waals surface area contributed by atoms with Gasteiger partial charge in [-0.3, -0.25) is 4.90 Å². The molecular weight excluding hydrogens is 266 g/mol. The van der Waals surface area contributed by atoms with E-state index in [0.29, 0.717) is 0 Å². The fraction of sp³-hybridized carbons (Fsp3) is 0.647. The van der Waals surface area contributed by atoms with Crippen molar-refractivity contribution in [3.63, 3.8) is 0 Å². The zero-order valence-electron chi connectivity index (χ0n) is 13.6. The highest BCUT2D eigenvalue weighted by molar-refractivity contribution is 5.37. The van der Waals surface area contributed by atoms with E-state index in [1.54, 1.807) is 7.11 Å². The van der Waals surface area contributed by atoms with Gasteiger partial charge in [-0.15, -0.1) is 0 Å². The number of hydrogen-bond acceptors (Lipinski definition) is 4. The first-order chi connectivity index (χ1) is 10.0. The molecular formula is C17H27NO3. The van der Waals surface area contributed by atoms with Crippen molar-refractivity contribution in [2.75, 3.05) is 33.4 Å². The molecule has 1 heterocycles. The molecule has 0 saturated carbocycles. The molecule has 0 aliphatic carbocycles. The Balaban J connectivity index is 2.28. The Morgan fingerprint density at radius 1 is 1.38 bits per heavy atom. The van der Waals surface area contributed by atoms with Gasteiger partial charge >= 0.3 is 0 Å². The Morgan fingerprint density at radius 2 is 2.05 bits per heavy atom. The smallest absolute Gasteiger partial charge is 0.119 e. The molecule has 2 unspecified atom stereocenters. The largest absolute Gasteiger partial charge is 0.497 e. The number of rotatable bonds is 5. The number of hydrogen-bond donors (Lipinski definition) is 1. The van der Waals surface area contributed by atoms with Gasteiger partial charge in [-0.2, -0.15) is 0 Å². The molecule has 1 aliphatic rings. The van der Waals surface area contributed by atoms with Crippen molar-refractivity contribution in [3.05, 3.63) is 29.3 Å². The number of ether oxygens (including phenoxy) is 2. The van der Waals surface area contributed by atoms with E-state index in [2.05, 4.69) is 18.7 Å². The number of aryl methyl sites for hydroxylation is 1. The van der Waals surface area contributed by atoms with Gasteiger partial charge in [0.2, 0.25) is 0 Å². The third kappa shape index (κ3) is 3.23. The summed E-state index contributed by atoms with van der Waals surface area (Å²) in [5.74, 6) is 0.827. The van der Waals surface area contributed by atoms with Crippen LogP contribution in [0, 0.1) is 6.92 Å². The second-order valence-corrected chi connectivity index (χ2v) is 5.94. The van der Waals surface area contributed by atoms with Crippen LogP contribution in [0.1, 0.15) is 37.5 Å². The standard InChI is InChI=1S/C17H27NO3/c1-5-17(3,18-8-10-21-11-9-18)16(19)15-7-6-14(20-4)12-13(15)2/h6-7,12,16,19H,5,8-11H2,1-4H3. The lowest BCUT2D eigenvalue weighted by Crippen LogP contribution is -2.54. The zero-order valence-corrected chi connectivity index (χ0v) is 13.6. The summed E-state index contributed by atoms with van der Waals surface area (Å²) >= 11 is 0. The zero-order chi connectivity index (χ0) is 15.5. The molecule has 1 aromatic carbocycles. The molecule has 1 fully saturated rings. The second-order valence-electron chi connectivity index (χ2n) is 5.94. The molecule has 2 rings (SSSR count). The van der Waals surface area contributed by atoms with Gasteiger partial charge < -0.3 is 14.6 Å². The van der Waals surface area contributed by atoms with Crippen LogP contribution in [-0.4, -0.2) is 49.0 Å². The molecule has 0 amide bonds. The van der Waals surface area contributed by atoms with Gasteiger partial charge in [0.25, 0.3) is 0 Å². The minimum Gasteiger partial charge on any atom is -0.497 e. The summed E-state index contributed by atoms with van der Waals surface area (Å²) in [6.07, 6.45) is 0.367. The van der Waals surface area contributed by atoms with Crippen LogP contribution in [-0.2, 0) is 4.74 Å². The van der Waals surface area contributed by atoms with Gasteiger partial charge in [0.05, 0.1) is 26.4 Å². The lowest BCUT2D eigenvalue weighted by atomic mass is 9.83. The maximum atomic E-state index is 11.0. The van der Waals surface area contributed by atoms with Crippen LogP contribution in [0.3, 0.4) is 0 Å². The van der Waals surface area contributed by atoms with Gasteiger partial charge in [-0.25, -0.2) is 0 Å². The van der Waals surface area contributed by atoms with Crippen LogP contribution in [0.25, 0.3) is 0 Å². The van der Waals surface area contributed by atoms with Crippen LogP contribution in [0.4, 0.5) is 0 Å². The van der Waals surface area contributed by atoms with Crippen molar-refractivity contribution >= 4 is 0 Å². The highest BCUT2D eigenvalue weighted by atomic mass is 16.5. The Hall–Kier alpha value is -1.10. The molecule has 4 nitrogen and oxygen atoms in total. The number of morpholine rings is 1. The van der Waals surface area contributed by atoms with E-state index in [9.17, 15) is 5.11 Å². The lowest BCUT2D eigenvalue weighted by Gasteiger charge is -2.46. The molecule has 0 radical (unpaired) electrons. The first-order valence-electron chi connectivity index (χ1n) is 7.68. The summed E-state index contributed by atoms with van der Waals surface area (Å²) in [5.41, 5.74) is 1.77. The van der Waals surface area contributed by atoms with Crippen LogP contribution >= 0.6 is 0 Å². The molecule has 0 bridgehead atoms. The number of methoxy groups -OCH3 is 1. The molecule has 1 saturated heterocycles. The Kier molecular flexibility index (Phi) is 5.25. The van der Waals surface area contributed by atoms with Gasteiger partial charge in [-0.05, 0) is 43.5 Å². The molecule has 1 N–H and O–H groups in total. The molecule has 2 atom stereocenters. The van der Waals surface area contributed by atoms with Gasteiger partial charge in [-0.1, -0.05) is 13.0 Å². The molecule has 1 aliphatic heterocycles. The Morgan fingerprint density at radius 3 is 2.57 bits per heavy atom. The van der Waals surface area contributed by atoms with E-state index in [0.717, 1.165) is 49.6 Å². The fourth-order valence-corrected chi connectivity index (χ4v) is 3.08. The SMILES string of the molecule is CCC(C)(C(O)c1ccc(OC)cc1C)N1CCOCC1. The van der Waals surface area contributed by atoms with E-state index in [1.165, 1.54) is 0 Å². The van der Waals surface area contributed by atoms with E-state index >= 15 is 0 Å². The second kappa shape index (κ2) is 6.77. The number of benzene rings is 1. The van der Waals surface area contributed by atoms with Crippen molar-refractivity contribution < 1.29 is 14.6 Å². The predicted molar refractivity (Wildman–Crippen MR) is 83.8 cm³/mol. The molecule has 21 heavy (non-hydrogen) atoms. The van der Waals surface area contributed by atoms with Crippen molar-refractivity contribution in [2.45, 2.75) is 38.8 Å². The number of nitrogens with zero attached hydrogens (tertiary/aromatic N) is 1. The molecule has 4 heteroatoms. The first-order valence-corrected chi connectivity index (χ1v) is 7.68. The van der Waals surface area contributed by atoms with E-state index in [4.69, 9.17) is 9.47 Å². The highest BCUT2D eigenvalue weighted by Gasteiger charge is 2.39. The number of aliphatic hydroxyl groups is 1. The summed E-state index contributed by atoms with van der Waals surface area (Å²) in [5, 5.41) is 11.0. The summed E-state index contributed by atoms with van der Waals surface area (Å²) in [4.78, 5) is 2.35. The van der Waals surface area contributed by atoms with Crippen molar-refractivity contribution in [3.8, 4) is 5.75 Å². The summed E-state index contributed by atoms with van der Waals surface area (Å²) < 4.78 is 10.7. The molecule has 0 spiro atoms. The van der Waals surface area contributed by atoms with Crippen molar-refractivity contribution in [1.82, 2.24) is 4.90 Å². The van der Waals surface area contributed by atoms with Crippen LogP contribution in [0.5, 0.6) is 5.75 Å². The normalized spacial score (nSPS) is 20.8. The molecule has 1 aromatic rings. The first kappa shape index (κ1) is 16.3. The average molecular weight is 293 g/mol. The maximum Gasteiger partial charge on any atom is 0.119 e. The fourth-order valence-electron chi connectivity index (χ4n) is 3.08. The Labute approximate surface area is 127 Å². The summed E-state index contributed by atoms with van der Waals surface area (Å²) in [7, 11) is 1.66. The third-order valence-corrected chi connectivity index (χ3v) is 4.81. The summed E-state index contributed by atoms with van der Waals surface area (Å²) in [6.45, 7) is 9.53. The highest BCUT2D eigenvalue weighted by Crippen LogP contribution is 2.36. The topological polar surface area (TPSA) is 41.9 Å². The van der Waals surface area contributed by atoms with Gasteiger partial charge in [0, 0.05) is 18.6 Å². The quantitative estimate of drug-likeness (QED) is 0.906. The van der Waals surface area contributed by atoms with Crippen LogP contribution in [0.2, 0.25) is 0 Å². The van der Waals surface area contributed by atoms with Crippen LogP contribution < -0.4 is 4.74 Å². The lowest BCUT2D eigenvalue weighted by molar-refractivity contribution is -0.0736. The van der Waals surface area contributed by atoms with Crippen LogP contribution in [0.15, 0.2) is 18.2 Å². The van der Waals surface area contributed by atoms with E-state index < -0.39 is 6.10 Å². The van der Waals surface area contributed by atoms with E-state index in [-0.39, 0.29) is 5.54 Å². The monoisotopic (exact) mass is 293 g/mol. The minimum absolute atomic E-state index is 0.275. The number of aliphatic hydroxyl groups excluding tert-OH is 1. The average Bonchev–Trinajstić information content (AvgIpc) is 2.54. The van der Waals surface area contributed by atoms with E-state index in [1.807, 2.05) is 25.1 Å². The van der Waals surface area contributed by atoms with Crippen molar-refractivity contribution in [1.29, 1.82) is 0 Å². The summed E-state index contributed by atoms with van der Waals surface area (Å²) in [6, 6.07) is 5.88. The predicted octanol–water partition coefficient (Wildman–Crippen LogP) is 2.54. The Bertz CT molecular complexity index is 471. The molecule has 118 valence electrons. The van der Waals surface area contributed by atoms with Gasteiger partial charge in [0.15, 0.2) is 0 Å². The van der Waals surface area contributed by atoms with Crippen molar-refractivity contribution in [2.24, 2.45) is 0 Å². The molecule has 0 aromatic heterocycles.